The van der Waals surface area contributed by atoms with Crippen molar-refractivity contribution >= 4 is 24.1 Å². The normalized spacial score (nSPS) is 16.8. The minimum absolute atomic E-state index is 0. The van der Waals surface area contributed by atoms with Gasteiger partial charge >= 0.3 is 5.97 Å². The van der Waals surface area contributed by atoms with Gasteiger partial charge in [0, 0.05) is 18.8 Å². The van der Waals surface area contributed by atoms with Crippen LogP contribution in [-0.4, -0.2) is 24.2 Å². The summed E-state index contributed by atoms with van der Waals surface area (Å²) in [7, 11) is 0. The molecule has 3 N–H and O–H groups in total. The highest BCUT2D eigenvalue weighted by Gasteiger charge is 2.15. The second-order valence-electron chi connectivity index (χ2n) is 4.46. The topological polar surface area (TPSA) is 66.6 Å². The van der Waals surface area contributed by atoms with Gasteiger partial charge in [-0.25, -0.2) is 0 Å². The summed E-state index contributed by atoms with van der Waals surface area (Å²) < 4.78 is 0. The predicted octanol–water partition coefficient (Wildman–Crippen LogP) is 2.18. The summed E-state index contributed by atoms with van der Waals surface area (Å²) in [5.41, 5.74) is 7.36. The Balaban J connectivity index is 0.00000162. The van der Waals surface area contributed by atoms with Crippen molar-refractivity contribution in [3.05, 3.63) is 29.8 Å². The number of carboxylic acid groups (broad SMARTS) is 1. The van der Waals surface area contributed by atoms with E-state index < -0.39 is 12.0 Å². The van der Waals surface area contributed by atoms with Crippen LogP contribution >= 0.6 is 12.4 Å². The maximum atomic E-state index is 10.8. The molecule has 1 unspecified atom stereocenters. The van der Waals surface area contributed by atoms with Crippen molar-refractivity contribution in [3.8, 4) is 0 Å². The molecule has 2 rings (SSSR count). The zero-order valence-electron chi connectivity index (χ0n) is 10.2. The first-order valence-electron chi connectivity index (χ1n) is 6.02. The van der Waals surface area contributed by atoms with Gasteiger partial charge in [-0.05, 0) is 37.0 Å². The zero-order valence-corrected chi connectivity index (χ0v) is 11.0. The lowest BCUT2D eigenvalue weighted by molar-refractivity contribution is -0.138. The molecule has 100 valence electrons. The van der Waals surface area contributed by atoms with Crippen molar-refractivity contribution in [1.82, 2.24) is 0 Å². The van der Waals surface area contributed by atoms with E-state index in [9.17, 15) is 4.79 Å². The molecule has 1 aromatic rings. The molecule has 0 radical (unpaired) electrons. The predicted molar refractivity (Wildman–Crippen MR) is 74.3 cm³/mol. The fourth-order valence-corrected chi connectivity index (χ4v) is 2.19. The molecular formula is C13H19ClN2O2. The van der Waals surface area contributed by atoms with E-state index in [1.165, 1.54) is 19.3 Å². The summed E-state index contributed by atoms with van der Waals surface area (Å²) in [4.78, 5) is 13.1. The highest BCUT2D eigenvalue weighted by molar-refractivity contribution is 5.85. The quantitative estimate of drug-likeness (QED) is 0.884. The highest BCUT2D eigenvalue weighted by atomic mass is 35.5. The Hall–Kier alpha value is -1.26. The third-order valence-electron chi connectivity index (χ3n) is 3.24. The second-order valence-corrected chi connectivity index (χ2v) is 4.46. The first-order chi connectivity index (χ1) is 8.18. The summed E-state index contributed by atoms with van der Waals surface area (Å²) in [6.07, 6.45) is 3.77. The van der Waals surface area contributed by atoms with Crippen LogP contribution in [0, 0.1) is 0 Å². The molecule has 0 aliphatic carbocycles. The Morgan fingerprint density at radius 2 is 1.72 bits per heavy atom. The molecule has 1 aliphatic rings. The number of benzene rings is 1. The Labute approximate surface area is 113 Å². The van der Waals surface area contributed by atoms with Gasteiger partial charge in [0.25, 0.3) is 0 Å². The number of nitrogens with two attached hydrogens (primary N) is 1. The van der Waals surface area contributed by atoms with E-state index in [0.29, 0.717) is 5.56 Å². The molecule has 1 fully saturated rings. The van der Waals surface area contributed by atoms with Crippen molar-refractivity contribution in [2.24, 2.45) is 5.73 Å². The summed E-state index contributed by atoms with van der Waals surface area (Å²) >= 11 is 0. The van der Waals surface area contributed by atoms with Gasteiger partial charge < -0.3 is 15.7 Å². The van der Waals surface area contributed by atoms with E-state index in [-0.39, 0.29) is 12.4 Å². The Bertz CT molecular complexity index is 388. The van der Waals surface area contributed by atoms with Crippen LogP contribution < -0.4 is 10.6 Å². The molecule has 0 aromatic heterocycles. The zero-order chi connectivity index (χ0) is 12.3. The number of anilines is 1. The molecule has 1 heterocycles. The SMILES string of the molecule is Cl.NC(C(=O)O)c1ccc(N2CCCCC2)cc1. The van der Waals surface area contributed by atoms with Crippen LogP contribution in [0.25, 0.3) is 0 Å². The van der Waals surface area contributed by atoms with Crippen LogP contribution in [0.3, 0.4) is 0 Å². The van der Waals surface area contributed by atoms with Gasteiger partial charge in [0.05, 0.1) is 0 Å². The average Bonchev–Trinajstić information content (AvgIpc) is 2.39. The van der Waals surface area contributed by atoms with Crippen molar-refractivity contribution in [1.29, 1.82) is 0 Å². The second kappa shape index (κ2) is 6.61. The van der Waals surface area contributed by atoms with Gasteiger partial charge in [-0.1, -0.05) is 12.1 Å². The molecule has 1 aliphatic heterocycles. The van der Waals surface area contributed by atoms with Gasteiger partial charge in [-0.15, -0.1) is 12.4 Å². The monoisotopic (exact) mass is 270 g/mol. The first-order valence-corrected chi connectivity index (χ1v) is 6.02. The molecule has 0 bridgehead atoms. The van der Waals surface area contributed by atoms with E-state index in [1.807, 2.05) is 24.3 Å². The number of rotatable bonds is 3. The van der Waals surface area contributed by atoms with Crippen LogP contribution in [0.4, 0.5) is 5.69 Å². The molecular weight excluding hydrogens is 252 g/mol. The van der Waals surface area contributed by atoms with Gasteiger partial charge in [0.2, 0.25) is 0 Å². The smallest absolute Gasteiger partial charge is 0.325 e. The molecule has 1 atom stereocenters. The van der Waals surface area contributed by atoms with Crippen LogP contribution in [0.1, 0.15) is 30.9 Å². The molecule has 0 amide bonds. The lowest BCUT2D eigenvalue weighted by atomic mass is 10.1. The van der Waals surface area contributed by atoms with E-state index in [4.69, 9.17) is 10.8 Å². The maximum Gasteiger partial charge on any atom is 0.325 e. The standard InChI is InChI=1S/C13H18N2O2.ClH/c14-12(13(16)17)10-4-6-11(7-5-10)15-8-2-1-3-9-15;/h4-7,12H,1-3,8-9,14H2,(H,16,17);1H. The van der Waals surface area contributed by atoms with E-state index in [1.54, 1.807) is 0 Å². The van der Waals surface area contributed by atoms with E-state index >= 15 is 0 Å². The largest absolute Gasteiger partial charge is 0.480 e. The fourth-order valence-electron chi connectivity index (χ4n) is 2.19. The van der Waals surface area contributed by atoms with E-state index in [0.717, 1.165) is 18.8 Å². The number of carboxylic acids is 1. The third kappa shape index (κ3) is 3.37. The summed E-state index contributed by atoms with van der Waals surface area (Å²) in [6, 6.07) is 6.61. The van der Waals surface area contributed by atoms with Crippen molar-refractivity contribution in [3.63, 3.8) is 0 Å². The summed E-state index contributed by atoms with van der Waals surface area (Å²) in [5, 5.41) is 8.82. The maximum absolute atomic E-state index is 10.8. The number of halogens is 1. The van der Waals surface area contributed by atoms with Gasteiger partial charge in [0.15, 0.2) is 0 Å². The molecule has 0 spiro atoms. The minimum Gasteiger partial charge on any atom is -0.480 e. The number of nitrogens with zero attached hydrogens (tertiary/aromatic N) is 1. The average molecular weight is 271 g/mol. The first kappa shape index (κ1) is 14.8. The third-order valence-corrected chi connectivity index (χ3v) is 3.24. The van der Waals surface area contributed by atoms with Crippen LogP contribution in [0.2, 0.25) is 0 Å². The van der Waals surface area contributed by atoms with Crippen molar-refractivity contribution in [2.75, 3.05) is 18.0 Å². The molecule has 18 heavy (non-hydrogen) atoms. The summed E-state index contributed by atoms with van der Waals surface area (Å²) in [5.74, 6) is -0.990. The number of piperidine rings is 1. The Kier molecular flexibility index (Phi) is 5.44. The van der Waals surface area contributed by atoms with Crippen LogP contribution in [-0.2, 0) is 4.79 Å². The number of aliphatic carboxylic acids is 1. The molecule has 1 saturated heterocycles. The van der Waals surface area contributed by atoms with Crippen molar-refractivity contribution in [2.45, 2.75) is 25.3 Å². The number of hydrogen-bond donors (Lipinski definition) is 2. The lowest BCUT2D eigenvalue weighted by Gasteiger charge is -2.29. The van der Waals surface area contributed by atoms with E-state index in [2.05, 4.69) is 4.90 Å². The van der Waals surface area contributed by atoms with Gasteiger partial charge in [0.1, 0.15) is 6.04 Å². The Morgan fingerprint density at radius 1 is 1.17 bits per heavy atom. The number of hydrogen-bond acceptors (Lipinski definition) is 3. The van der Waals surface area contributed by atoms with Crippen LogP contribution in [0.15, 0.2) is 24.3 Å². The fraction of sp³-hybridized carbons (Fsp3) is 0.462. The molecule has 4 nitrogen and oxygen atoms in total. The molecule has 0 saturated carbocycles. The Morgan fingerprint density at radius 3 is 2.22 bits per heavy atom. The van der Waals surface area contributed by atoms with Crippen molar-refractivity contribution < 1.29 is 9.90 Å². The summed E-state index contributed by atoms with van der Waals surface area (Å²) in [6.45, 7) is 2.18. The highest BCUT2D eigenvalue weighted by Crippen LogP contribution is 2.21. The molecule has 5 heteroatoms. The molecule has 1 aromatic carbocycles. The lowest BCUT2D eigenvalue weighted by Crippen LogP contribution is -2.29. The van der Waals surface area contributed by atoms with Gasteiger partial charge in [-0.3, -0.25) is 4.79 Å². The number of carbonyl (C=O) groups is 1. The van der Waals surface area contributed by atoms with Crippen LogP contribution in [0.5, 0.6) is 0 Å². The minimum atomic E-state index is -0.990. The van der Waals surface area contributed by atoms with Gasteiger partial charge in [-0.2, -0.15) is 0 Å².